The van der Waals surface area contributed by atoms with Crippen LogP contribution < -0.4 is 10.5 Å². The maximum Gasteiger partial charge on any atom is 0.126 e. The summed E-state index contributed by atoms with van der Waals surface area (Å²) in [5.74, 6) is 0.266. The molecular weight excluding hydrogens is 221 g/mol. The number of hydrogen-bond acceptors (Lipinski definition) is 3. The third kappa shape index (κ3) is 2.76. The highest BCUT2D eigenvalue weighted by Gasteiger charge is 2.36. The van der Waals surface area contributed by atoms with Gasteiger partial charge in [0.05, 0.1) is 6.61 Å². The second kappa shape index (κ2) is 4.63. The van der Waals surface area contributed by atoms with Crippen LogP contribution in [0.3, 0.4) is 0 Å². The van der Waals surface area contributed by atoms with Crippen LogP contribution in [0, 0.1) is 12.7 Å². The molecule has 4 heteroatoms. The number of nitrogens with two attached hydrogens (primary N) is 1. The minimum Gasteiger partial charge on any atom is -0.490 e. The van der Waals surface area contributed by atoms with Gasteiger partial charge in [-0.15, -0.1) is 0 Å². The largest absolute Gasteiger partial charge is 0.490 e. The highest BCUT2D eigenvalue weighted by molar-refractivity contribution is 5.33. The Hall–Kier alpha value is -1.13. The second-order valence-corrected chi connectivity index (χ2v) is 4.91. The number of aryl methyl sites for hydroxylation is 1. The molecule has 2 atom stereocenters. The lowest BCUT2D eigenvalue weighted by Crippen LogP contribution is -2.41. The number of rotatable bonds is 3. The zero-order chi connectivity index (χ0) is 12.5. The van der Waals surface area contributed by atoms with E-state index < -0.39 is 5.54 Å². The van der Waals surface area contributed by atoms with Crippen molar-refractivity contribution < 1.29 is 14.2 Å². The minimum atomic E-state index is -0.536. The van der Waals surface area contributed by atoms with Crippen LogP contribution in [0.15, 0.2) is 18.2 Å². The first-order chi connectivity index (χ1) is 8.02. The van der Waals surface area contributed by atoms with Crippen molar-refractivity contribution in [2.24, 2.45) is 5.73 Å². The Balaban J connectivity index is 2.05. The van der Waals surface area contributed by atoms with Crippen molar-refractivity contribution in [2.45, 2.75) is 37.8 Å². The number of halogens is 1. The maximum absolute atomic E-state index is 13.1. The summed E-state index contributed by atoms with van der Waals surface area (Å²) < 4.78 is 18.8. The first kappa shape index (κ1) is 12.3. The van der Waals surface area contributed by atoms with Crippen molar-refractivity contribution in [1.29, 1.82) is 0 Å². The number of aliphatic hydroxyl groups is 1. The zero-order valence-electron chi connectivity index (χ0n) is 9.95. The molecule has 0 aromatic heterocycles. The predicted octanol–water partition coefficient (Wildman–Crippen LogP) is 1.76. The van der Waals surface area contributed by atoms with E-state index in [1.165, 1.54) is 12.1 Å². The average molecular weight is 239 g/mol. The molecule has 0 spiro atoms. The van der Waals surface area contributed by atoms with Gasteiger partial charge in [0, 0.05) is 18.0 Å². The molecule has 0 radical (unpaired) electrons. The first-order valence-corrected chi connectivity index (χ1v) is 5.85. The van der Waals surface area contributed by atoms with Crippen LogP contribution in [0.2, 0.25) is 0 Å². The van der Waals surface area contributed by atoms with E-state index in [-0.39, 0.29) is 18.5 Å². The molecule has 1 aliphatic carbocycles. The van der Waals surface area contributed by atoms with Crippen molar-refractivity contribution in [3.8, 4) is 5.75 Å². The smallest absolute Gasteiger partial charge is 0.126 e. The fourth-order valence-corrected chi connectivity index (χ4v) is 2.23. The third-order valence-electron chi connectivity index (χ3n) is 3.36. The minimum absolute atomic E-state index is 0.0327. The van der Waals surface area contributed by atoms with Gasteiger partial charge in [0.25, 0.3) is 0 Å². The lowest BCUT2D eigenvalue weighted by atomic mass is 10.0. The Morgan fingerprint density at radius 1 is 1.59 bits per heavy atom. The van der Waals surface area contributed by atoms with E-state index in [0.29, 0.717) is 12.2 Å². The monoisotopic (exact) mass is 239 g/mol. The molecule has 17 heavy (non-hydrogen) atoms. The molecule has 0 amide bonds. The summed E-state index contributed by atoms with van der Waals surface area (Å²) in [6.45, 7) is 1.85. The number of benzene rings is 1. The van der Waals surface area contributed by atoms with Crippen molar-refractivity contribution in [3.63, 3.8) is 0 Å². The van der Waals surface area contributed by atoms with Gasteiger partial charge in [0.15, 0.2) is 0 Å². The molecule has 3 nitrogen and oxygen atoms in total. The molecule has 94 valence electrons. The summed E-state index contributed by atoms with van der Waals surface area (Å²) in [6.07, 6.45) is 2.11. The molecule has 0 saturated heterocycles. The van der Waals surface area contributed by atoms with Crippen LogP contribution in [0.5, 0.6) is 5.75 Å². The summed E-state index contributed by atoms with van der Waals surface area (Å²) in [4.78, 5) is 0. The van der Waals surface area contributed by atoms with E-state index in [2.05, 4.69) is 0 Å². The fourth-order valence-electron chi connectivity index (χ4n) is 2.23. The van der Waals surface area contributed by atoms with E-state index in [0.717, 1.165) is 18.4 Å². The van der Waals surface area contributed by atoms with E-state index in [9.17, 15) is 4.39 Å². The predicted molar refractivity (Wildman–Crippen MR) is 63.4 cm³/mol. The van der Waals surface area contributed by atoms with Gasteiger partial charge in [-0.1, -0.05) is 6.07 Å². The second-order valence-electron chi connectivity index (χ2n) is 4.91. The van der Waals surface area contributed by atoms with Crippen molar-refractivity contribution in [1.82, 2.24) is 0 Å². The van der Waals surface area contributed by atoms with Crippen LogP contribution in [0.1, 0.15) is 24.8 Å². The topological polar surface area (TPSA) is 55.5 Å². The normalized spacial score (nSPS) is 28.4. The summed E-state index contributed by atoms with van der Waals surface area (Å²) in [5, 5.41) is 9.17. The number of hydrogen-bond donors (Lipinski definition) is 2. The summed E-state index contributed by atoms with van der Waals surface area (Å²) >= 11 is 0. The molecule has 2 unspecified atom stereocenters. The van der Waals surface area contributed by atoms with Crippen molar-refractivity contribution in [2.75, 3.05) is 6.61 Å². The maximum atomic E-state index is 13.1. The number of ether oxygens (including phenoxy) is 1. The molecule has 0 heterocycles. The average Bonchev–Trinajstić information content (AvgIpc) is 2.67. The lowest BCUT2D eigenvalue weighted by molar-refractivity contribution is 0.165. The Kier molecular flexibility index (Phi) is 3.35. The Morgan fingerprint density at radius 2 is 2.35 bits per heavy atom. The third-order valence-corrected chi connectivity index (χ3v) is 3.36. The van der Waals surface area contributed by atoms with Crippen molar-refractivity contribution >= 4 is 0 Å². The molecule has 0 bridgehead atoms. The quantitative estimate of drug-likeness (QED) is 0.845. The van der Waals surface area contributed by atoms with E-state index in [4.69, 9.17) is 15.6 Å². The molecule has 0 aliphatic heterocycles. The summed E-state index contributed by atoms with van der Waals surface area (Å²) in [7, 11) is 0. The van der Waals surface area contributed by atoms with Gasteiger partial charge in [-0.25, -0.2) is 4.39 Å². The van der Waals surface area contributed by atoms with Gasteiger partial charge < -0.3 is 15.6 Å². The highest BCUT2D eigenvalue weighted by Crippen LogP contribution is 2.31. The van der Waals surface area contributed by atoms with E-state index in [1.807, 2.05) is 6.92 Å². The Bertz CT molecular complexity index is 410. The zero-order valence-corrected chi connectivity index (χ0v) is 9.95. The van der Waals surface area contributed by atoms with Crippen LogP contribution in [0.25, 0.3) is 0 Å². The fraction of sp³-hybridized carbons (Fsp3) is 0.538. The van der Waals surface area contributed by atoms with Gasteiger partial charge in [-0.3, -0.25) is 0 Å². The molecule has 1 aliphatic rings. The molecule has 3 N–H and O–H groups in total. The highest BCUT2D eigenvalue weighted by atomic mass is 19.1. The Morgan fingerprint density at radius 3 is 3.00 bits per heavy atom. The van der Waals surface area contributed by atoms with Crippen molar-refractivity contribution in [3.05, 3.63) is 29.6 Å². The van der Waals surface area contributed by atoms with Gasteiger partial charge in [0.1, 0.15) is 17.7 Å². The van der Waals surface area contributed by atoms with Crippen LogP contribution >= 0.6 is 0 Å². The van der Waals surface area contributed by atoms with Gasteiger partial charge in [-0.05, 0) is 31.4 Å². The van der Waals surface area contributed by atoms with Crippen LogP contribution in [0.4, 0.5) is 4.39 Å². The molecule has 2 rings (SSSR count). The summed E-state index contributed by atoms with van der Waals surface area (Å²) in [5.41, 5.74) is 6.34. The first-order valence-electron chi connectivity index (χ1n) is 5.85. The summed E-state index contributed by atoms with van der Waals surface area (Å²) in [6, 6.07) is 4.50. The Labute approximate surface area is 100 Å². The van der Waals surface area contributed by atoms with Gasteiger partial charge >= 0.3 is 0 Å². The van der Waals surface area contributed by atoms with Crippen LogP contribution in [-0.4, -0.2) is 23.4 Å². The standard InChI is InChI=1S/C13H18FNO2/c1-9-2-3-10(14)6-12(9)17-11-4-5-13(15,7-11)8-16/h2-3,6,11,16H,4-5,7-8,15H2,1H3. The van der Waals surface area contributed by atoms with E-state index in [1.54, 1.807) is 6.07 Å². The van der Waals surface area contributed by atoms with Crippen LogP contribution in [-0.2, 0) is 0 Å². The van der Waals surface area contributed by atoms with Gasteiger partial charge in [0.2, 0.25) is 0 Å². The molecule has 1 saturated carbocycles. The van der Waals surface area contributed by atoms with E-state index >= 15 is 0 Å². The molecular formula is C13H18FNO2. The van der Waals surface area contributed by atoms with Gasteiger partial charge in [-0.2, -0.15) is 0 Å². The molecule has 1 fully saturated rings. The molecule has 1 aromatic rings. The molecule has 1 aromatic carbocycles. The SMILES string of the molecule is Cc1ccc(F)cc1OC1CCC(N)(CO)C1. The number of aliphatic hydroxyl groups excluding tert-OH is 1. The lowest BCUT2D eigenvalue weighted by Gasteiger charge is -2.21.